The number of carbonyl (C=O) groups is 1. The second-order valence-corrected chi connectivity index (χ2v) is 9.59. The van der Waals surface area contributed by atoms with Gasteiger partial charge in [0.25, 0.3) is 0 Å². The van der Waals surface area contributed by atoms with Gasteiger partial charge in [0.2, 0.25) is 5.91 Å². The van der Waals surface area contributed by atoms with Gasteiger partial charge >= 0.3 is 0 Å². The first kappa shape index (κ1) is 24.1. The summed E-state index contributed by atoms with van der Waals surface area (Å²) in [4.78, 5) is 17.1. The van der Waals surface area contributed by atoms with Gasteiger partial charge in [-0.2, -0.15) is 0 Å². The molecule has 1 amide bonds. The van der Waals surface area contributed by atoms with E-state index in [0.29, 0.717) is 11.7 Å². The summed E-state index contributed by atoms with van der Waals surface area (Å²) in [5.41, 5.74) is 4.24. The summed E-state index contributed by atoms with van der Waals surface area (Å²) < 4.78 is 7.45. The molecule has 4 aromatic rings. The Bertz CT molecular complexity index is 1270. The highest BCUT2D eigenvalue weighted by Crippen LogP contribution is 2.28. The first-order valence-electron chi connectivity index (χ1n) is 12.0. The molecule has 5 rings (SSSR count). The van der Waals surface area contributed by atoms with Crippen LogP contribution in [-0.2, 0) is 16.1 Å². The number of hydrogen-bond acceptors (Lipinski definition) is 6. The van der Waals surface area contributed by atoms with Gasteiger partial charge in [0, 0.05) is 43.6 Å². The molecule has 8 heteroatoms. The molecule has 2 heterocycles. The highest BCUT2D eigenvalue weighted by molar-refractivity contribution is 7.99. The highest BCUT2D eigenvalue weighted by Gasteiger charge is 2.18. The van der Waals surface area contributed by atoms with Gasteiger partial charge in [0.15, 0.2) is 11.0 Å². The fourth-order valence-electron chi connectivity index (χ4n) is 4.18. The number of thioether (sulfide) groups is 1. The van der Waals surface area contributed by atoms with Crippen molar-refractivity contribution >= 4 is 23.4 Å². The highest BCUT2D eigenvalue weighted by atomic mass is 32.2. The summed E-state index contributed by atoms with van der Waals surface area (Å²) in [5, 5.41) is 9.58. The Labute approximate surface area is 215 Å². The SMILES string of the molecule is CN(Cc1ccc(N2CCOCC2)cc1)C(=O)CSc1nnc(-c2ccccc2)n1-c1ccccc1. The van der Waals surface area contributed by atoms with Gasteiger partial charge in [-0.1, -0.05) is 72.4 Å². The first-order chi connectivity index (χ1) is 17.7. The number of para-hydroxylation sites is 1. The van der Waals surface area contributed by atoms with E-state index in [0.717, 1.165) is 48.9 Å². The van der Waals surface area contributed by atoms with Crippen LogP contribution in [0.4, 0.5) is 5.69 Å². The maximum atomic E-state index is 13.0. The largest absolute Gasteiger partial charge is 0.378 e. The van der Waals surface area contributed by atoms with Crippen LogP contribution in [0.15, 0.2) is 90.1 Å². The predicted octanol–water partition coefficient (Wildman–Crippen LogP) is 4.52. The zero-order valence-corrected chi connectivity index (χ0v) is 21.1. The number of carbonyl (C=O) groups excluding carboxylic acids is 1. The number of amides is 1. The zero-order chi connectivity index (χ0) is 24.7. The Morgan fingerprint density at radius 1 is 0.889 bits per heavy atom. The maximum absolute atomic E-state index is 13.0. The van der Waals surface area contributed by atoms with E-state index in [9.17, 15) is 4.79 Å². The smallest absolute Gasteiger partial charge is 0.233 e. The third-order valence-electron chi connectivity index (χ3n) is 6.16. The zero-order valence-electron chi connectivity index (χ0n) is 20.3. The van der Waals surface area contributed by atoms with Crippen LogP contribution in [0.3, 0.4) is 0 Å². The van der Waals surface area contributed by atoms with Crippen molar-refractivity contribution < 1.29 is 9.53 Å². The molecule has 1 aliphatic rings. The van der Waals surface area contributed by atoms with Gasteiger partial charge in [0.05, 0.1) is 19.0 Å². The van der Waals surface area contributed by atoms with Crippen LogP contribution in [-0.4, -0.2) is 64.7 Å². The predicted molar refractivity (Wildman–Crippen MR) is 143 cm³/mol. The van der Waals surface area contributed by atoms with E-state index in [4.69, 9.17) is 4.74 Å². The molecule has 0 atom stereocenters. The Hall–Kier alpha value is -3.62. The molecule has 3 aromatic carbocycles. The molecule has 0 radical (unpaired) electrons. The van der Waals surface area contributed by atoms with Gasteiger partial charge in [0.1, 0.15) is 0 Å². The molecule has 1 aromatic heterocycles. The van der Waals surface area contributed by atoms with Gasteiger partial charge in [-0.05, 0) is 29.8 Å². The Balaban J connectivity index is 1.25. The van der Waals surface area contributed by atoms with Crippen LogP contribution in [0.1, 0.15) is 5.56 Å². The molecule has 1 fully saturated rings. The number of aromatic nitrogens is 3. The van der Waals surface area contributed by atoms with Crippen molar-refractivity contribution in [2.75, 3.05) is 44.0 Å². The molecule has 7 nitrogen and oxygen atoms in total. The second kappa shape index (κ2) is 11.4. The van der Waals surface area contributed by atoms with Crippen molar-refractivity contribution in [3.63, 3.8) is 0 Å². The van der Waals surface area contributed by atoms with Crippen molar-refractivity contribution in [3.05, 3.63) is 90.5 Å². The van der Waals surface area contributed by atoms with Gasteiger partial charge < -0.3 is 14.5 Å². The third-order valence-corrected chi connectivity index (χ3v) is 7.08. The molecule has 1 saturated heterocycles. The van der Waals surface area contributed by atoms with Gasteiger partial charge in [-0.15, -0.1) is 10.2 Å². The fourth-order valence-corrected chi connectivity index (χ4v) is 5.07. The first-order valence-corrected chi connectivity index (χ1v) is 13.0. The number of hydrogen-bond donors (Lipinski definition) is 0. The molecule has 36 heavy (non-hydrogen) atoms. The van der Waals surface area contributed by atoms with E-state index in [1.165, 1.54) is 17.4 Å². The molecule has 184 valence electrons. The topological polar surface area (TPSA) is 63.5 Å². The van der Waals surface area contributed by atoms with E-state index < -0.39 is 0 Å². The molecule has 0 bridgehead atoms. The molecule has 0 saturated carbocycles. The summed E-state index contributed by atoms with van der Waals surface area (Å²) in [7, 11) is 1.84. The van der Waals surface area contributed by atoms with Crippen molar-refractivity contribution in [3.8, 4) is 17.1 Å². The number of nitrogens with zero attached hydrogens (tertiary/aromatic N) is 5. The lowest BCUT2D eigenvalue weighted by Crippen LogP contribution is -2.36. The van der Waals surface area contributed by atoms with Crippen LogP contribution < -0.4 is 4.90 Å². The van der Waals surface area contributed by atoms with Crippen molar-refractivity contribution in [2.45, 2.75) is 11.7 Å². The van der Waals surface area contributed by atoms with E-state index in [1.54, 1.807) is 4.90 Å². The average Bonchev–Trinajstić information content (AvgIpc) is 3.37. The minimum atomic E-state index is 0.0427. The number of rotatable bonds is 8. The quantitative estimate of drug-likeness (QED) is 0.332. The van der Waals surface area contributed by atoms with E-state index >= 15 is 0 Å². The summed E-state index contributed by atoms with van der Waals surface area (Å²) >= 11 is 1.41. The van der Waals surface area contributed by atoms with Gasteiger partial charge in [-0.3, -0.25) is 9.36 Å². The summed E-state index contributed by atoms with van der Waals surface area (Å²) in [6.45, 7) is 3.91. The second-order valence-electron chi connectivity index (χ2n) is 8.65. The van der Waals surface area contributed by atoms with Crippen LogP contribution in [0, 0.1) is 0 Å². The minimum Gasteiger partial charge on any atom is -0.378 e. The molecular weight excluding hydrogens is 470 g/mol. The van der Waals surface area contributed by atoms with Crippen LogP contribution in [0.5, 0.6) is 0 Å². The third kappa shape index (κ3) is 5.61. The summed E-state index contributed by atoms with van der Waals surface area (Å²) in [5.74, 6) is 1.08. The Morgan fingerprint density at radius 2 is 1.56 bits per heavy atom. The molecule has 0 N–H and O–H groups in total. The van der Waals surface area contributed by atoms with Gasteiger partial charge in [-0.25, -0.2) is 0 Å². The lowest BCUT2D eigenvalue weighted by atomic mass is 10.2. The molecule has 0 aliphatic carbocycles. The minimum absolute atomic E-state index is 0.0427. The summed E-state index contributed by atoms with van der Waals surface area (Å²) in [6, 6.07) is 28.4. The van der Waals surface area contributed by atoms with Crippen LogP contribution >= 0.6 is 11.8 Å². The normalized spacial score (nSPS) is 13.5. The average molecular weight is 500 g/mol. The number of benzene rings is 3. The lowest BCUT2D eigenvalue weighted by molar-refractivity contribution is -0.127. The van der Waals surface area contributed by atoms with E-state index in [-0.39, 0.29) is 11.7 Å². The van der Waals surface area contributed by atoms with Crippen LogP contribution in [0.25, 0.3) is 17.1 Å². The number of morpholine rings is 1. The number of ether oxygens (including phenoxy) is 1. The Morgan fingerprint density at radius 3 is 2.25 bits per heavy atom. The molecule has 1 aliphatic heterocycles. The van der Waals surface area contributed by atoms with Crippen molar-refractivity contribution in [2.24, 2.45) is 0 Å². The van der Waals surface area contributed by atoms with E-state index in [2.05, 4.69) is 39.4 Å². The van der Waals surface area contributed by atoms with E-state index in [1.807, 2.05) is 72.3 Å². The maximum Gasteiger partial charge on any atom is 0.233 e. The Kier molecular flexibility index (Phi) is 7.64. The molecule has 0 spiro atoms. The molecular formula is C28H29N5O2S. The standard InChI is InChI=1S/C28H29N5O2S/c1-31(20-22-12-14-24(15-13-22)32-16-18-35-19-17-32)26(34)21-36-28-30-29-27(23-8-4-2-5-9-23)33(28)25-10-6-3-7-11-25/h2-15H,16-21H2,1H3. The monoisotopic (exact) mass is 499 g/mol. The van der Waals surface area contributed by atoms with Crippen molar-refractivity contribution in [1.82, 2.24) is 19.7 Å². The van der Waals surface area contributed by atoms with Crippen LogP contribution in [0.2, 0.25) is 0 Å². The summed E-state index contributed by atoms with van der Waals surface area (Å²) in [6.07, 6.45) is 0. The van der Waals surface area contributed by atoms with Crippen molar-refractivity contribution in [1.29, 1.82) is 0 Å². The fraction of sp³-hybridized carbons (Fsp3) is 0.250. The number of anilines is 1. The molecule has 0 unspecified atom stereocenters. The lowest BCUT2D eigenvalue weighted by Gasteiger charge is -2.29.